The maximum absolute atomic E-state index is 12.2. The van der Waals surface area contributed by atoms with Crippen LogP contribution in [0.4, 0.5) is 0 Å². The molecule has 6 nitrogen and oxygen atoms in total. The summed E-state index contributed by atoms with van der Waals surface area (Å²) in [5, 5.41) is 3.04. The van der Waals surface area contributed by atoms with Gasteiger partial charge in [0.25, 0.3) is 0 Å². The van der Waals surface area contributed by atoms with Gasteiger partial charge in [-0.15, -0.1) is 0 Å². The lowest BCUT2D eigenvalue weighted by Crippen LogP contribution is -2.35. The van der Waals surface area contributed by atoms with E-state index >= 15 is 0 Å². The van der Waals surface area contributed by atoms with Crippen molar-refractivity contribution in [2.45, 2.75) is 17.9 Å². The van der Waals surface area contributed by atoms with Crippen LogP contribution in [0.15, 0.2) is 29.2 Å². The van der Waals surface area contributed by atoms with Gasteiger partial charge in [0.15, 0.2) is 0 Å². The van der Waals surface area contributed by atoms with Gasteiger partial charge in [0.1, 0.15) is 0 Å². The van der Waals surface area contributed by atoms with Crippen LogP contribution in [-0.4, -0.2) is 39.3 Å². The highest BCUT2D eigenvalue weighted by Gasteiger charge is 2.22. The second-order valence-electron chi connectivity index (χ2n) is 4.31. The first-order valence-corrected chi connectivity index (χ1v) is 7.25. The van der Waals surface area contributed by atoms with E-state index in [9.17, 15) is 13.2 Å². The van der Waals surface area contributed by atoms with Crippen molar-refractivity contribution in [3.05, 3.63) is 29.8 Å². The second kappa shape index (κ2) is 6.14. The highest BCUT2D eigenvalue weighted by molar-refractivity contribution is 7.89. The number of amides is 1. The minimum Gasteiger partial charge on any atom is -0.369 e. The van der Waals surface area contributed by atoms with Gasteiger partial charge in [0.05, 0.1) is 11.4 Å². The highest BCUT2D eigenvalue weighted by atomic mass is 32.2. The number of hydrogen-bond donors (Lipinski definition) is 2. The molecule has 0 saturated carbocycles. The van der Waals surface area contributed by atoms with Crippen LogP contribution in [0.3, 0.4) is 0 Å². The smallest absolute Gasteiger partial charge is 0.243 e. The molecule has 0 aliphatic heterocycles. The number of benzene rings is 1. The molecule has 1 atom stereocenters. The Balaban J connectivity index is 3.11. The number of sulfonamides is 1. The van der Waals surface area contributed by atoms with Crippen LogP contribution >= 0.6 is 0 Å². The fourth-order valence-electron chi connectivity index (χ4n) is 1.60. The number of carbonyl (C=O) groups excluding carboxylic acids is 1. The third-order valence-electron chi connectivity index (χ3n) is 2.88. The Morgan fingerprint density at radius 2 is 2.11 bits per heavy atom. The summed E-state index contributed by atoms with van der Waals surface area (Å²) < 4.78 is 25.4. The maximum Gasteiger partial charge on any atom is 0.243 e. The number of nitrogens with two attached hydrogens (primary N) is 1. The SMILES string of the molecule is CNC(C)c1cccc(S(=O)(=O)N(C)CC(N)=O)c1. The third kappa shape index (κ3) is 3.76. The number of primary amides is 1. The molecule has 3 N–H and O–H groups in total. The Kier molecular flexibility index (Phi) is 5.04. The molecule has 0 spiro atoms. The minimum absolute atomic E-state index is 0.0385. The molecule has 106 valence electrons. The lowest BCUT2D eigenvalue weighted by molar-refractivity contribution is -0.118. The molecule has 0 bridgehead atoms. The first-order chi connectivity index (χ1) is 8.78. The molecule has 0 aliphatic rings. The average molecular weight is 285 g/mol. The monoisotopic (exact) mass is 285 g/mol. The van der Waals surface area contributed by atoms with Crippen LogP contribution in [0.5, 0.6) is 0 Å². The van der Waals surface area contributed by atoms with Crippen molar-refractivity contribution in [3.63, 3.8) is 0 Å². The van der Waals surface area contributed by atoms with Gasteiger partial charge in [-0.1, -0.05) is 12.1 Å². The first-order valence-electron chi connectivity index (χ1n) is 5.81. The standard InChI is InChI=1S/C12H19N3O3S/c1-9(14-2)10-5-4-6-11(7-10)19(17,18)15(3)8-12(13)16/h4-7,9,14H,8H2,1-3H3,(H2,13,16). The van der Waals surface area contributed by atoms with Gasteiger partial charge in [-0.3, -0.25) is 4.79 Å². The van der Waals surface area contributed by atoms with E-state index in [1.807, 2.05) is 13.0 Å². The molecule has 0 fully saturated rings. The van der Waals surface area contributed by atoms with E-state index < -0.39 is 15.9 Å². The topological polar surface area (TPSA) is 92.5 Å². The van der Waals surface area contributed by atoms with Crippen molar-refractivity contribution < 1.29 is 13.2 Å². The summed E-state index contributed by atoms with van der Waals surface area (Å²) in [5.74, 6) is -0.689. The van der Waals surface area contributed by atoms with E-state index in [1.54, 1.807) is 19.2 Å². The van der Waals surface area contributed by atoms with Gasteiger partial charge < -0.3 is 11.1 Å². The van der Waals surface area contributed by atoms with Crippen LogP contribution in [0.2, 0.25) is 0 Å². The van der Waals surface area contributed by atoms with Crippen molar-refractivity contribution in [1.82, 2.24) is 9.62 Å². The number of carbonyl (C=O) groups is 1. The Labute approximate surface area is 113 Å². The molecule has 7 heteroatoms. The molecule has 1 rings (SSSR count). The van der Waals surface area contributed by atoms with E-state index in [-0.39, 0.29) is 17.5 Å². The van der Waals surface area contributed by atoms with Crippen LogP contribution in [0.25, 0.3) is 0 Å². The number of likely N-dealkylation sites (N-methyl/N-ethyl adjacent to an activating group) is 1. The van der Waals surface area contributed by atoms with E-state index in [2.05, 4.69) is 5.32 Å². The molecule has 19 heavy (non-hydrogen) atoms. The van der Waals surface area contributed by atoms with Gasteiger partial charge in [0.2, 0.25) is 15.9 Å². The largest absolute Gasteiger partial charge is 0.369 e. The van der Waals surface area contributed by atoms with E-state index in [0.29, 0.717) is 0 Å². The number of rotatable bonds is 6. The van der Waals surface area contributed by atoms with Gasteiger partial charge in [-0.25, -0.2) is 8.42 Å². The van der Waals surface area contributed by atoms with E-state index in [0.717, 1.165) is 9.87 Å². The summed E-state index contributed by atoms with van der Waals surface area (Å²) in [6, 6.07) is 6.64. The quantitative estimate of drug-likeness (QED) is 0.774. The van der Waals surface area contributed by atoms with Gasteiger partial charge in [-0.2, -0.15) is 4.31 Å². The highest BCUT2D eigenvalue weighted by Crippen LogP contribution is 2.19. The fourth-order valence-corrected chi connectivity index (χ4v) is 2.79. The maximum atomic E-state index is 12.2. The van der Waals surface area contributed by atoms with E-state index in [1.165, 1.54) is 13.1 Å². The van der Waals surface area contributed by atoms with Gasteiger partial charge >= 0.3 is 0 Å². The Hall–Kier alpha value is -1.44. The molecule has 0 aromatic heterocycles. The predicted molar refractivity (Wildman–Crippen MR) is 72.9 cm³/mol. The second-order valence-corrected chi connectivity index (χ2v) is 6.36. The number of hydrogen-bond acceptors (Lipinski definition) is 4. The molecule has 1 aromatic carbocycles. The van der Waals surface area contributed by atoms with Crippen molar-refractivity contribution in [1.29, 1.82) is 0 Å². The zero-order chi connectivity index (χ0) is 14.6. The van der Waals surface area contributed by atoms with Crippen molar-refractivity contribution in [3.8, 4) is 0 Å². The fraction of sp³-hybridized carbons (Fsp3) is 0.417. The zero-order valence-corrected chi connectivity index (χ0v) is 12.1. The number of nitrogens with zero attached hydrogens (tertiary/aromatic N) is 1. The van der Waals surface area contributed by atoms with Crippen molar-refractivity contribution in [2.24, 2.45) is 5.73 Å². The Morgan fingerprint density at radius 1 is 1.47 bits per heavy atom. The zero-order valence-electron chi connectivity index (χ0n) is 11.3. The van der Waals surface area contributed by atoms with Gasteiger partial charge in [0, 0.05) is 13.1 Å². The summed E-state index contributed by atoms with van der Waals surface area (Å²) >= 11 is 0. The van der Waals surface area contributed by atoms with Crippen molar-refractivity contribution >= 4 is 15.9 Å². The minimum atomic E-state index is -3.69. The Morgan fingerprint density at radius 3 is 2.63 bits per heavy atom. The van der Waals surface area contributed by atoms with Crippen molar-refractivity contribution in [2.75, 3.05) is 20.6 Å². The van der Waals surface area contributed by atoms with Crippen LogP contribution in [-0.2, 0) is 14.8 Å². The predicted octanol–water partition coefficient (Wildman–Crippen LogP) is 0.0728. The lowest BCUT2D eigenvalue weighted by atomic mass is 10.1. The van der Waals surface area contributed by atoms with Crippen LogP contribution in [0.1, 0.15) is 18.5 Å². The van der Waals surface area contributed by atoms with Crippen LogP contribution < -0.4 is 11.1 Å². The summed E-state index contributed by atoms with van der Waals surface area (Å²) in [6.07, 6.45) is 0. The molecular weight excluding hydrogens is 266 g/mol. The molecule has 0 aliphatic carbocycles. The molecule has 0 saturated heterocycles. The molecule has 1 unspecified atom stereocenters. The number of nitrogens with one attached hydrogen (secondary N) is 1. The summed E-state index contributed by atoms with van der Waals surface area (Å²) in [6.45, 7) is 1.59. The van der Waals surface area contributed by atoms with E-state index in [4.69, 9.17) is 5.73 Å². The molecular formula is C12H19N3O3S. The Bertz CT molecular complexity index is 557. The lowest BCUT2D eigenvalue weighted by Gasteiger charge is -2.17. The first kappa shape index (κ1) is 15.6. The molecule has 1 amide bonds. The summed E-state index contributed by atoms with van der Waals surface area (Å²) in [7, 11) is -0.569. The normalized spacial score (nSPS) is 13.5. The van der Waals surface area contributed by atoms with Crippen LogP contribution in [0, 0.1) is 0 Å². The molecule has 0 radical (unpaired) electrons. The summed E-state index contributed by atoms with van der Waals surface area (Å²) in [4.78, 5) is 11.0. The van der Waals surface area contributed by atoms with Gasteiger partial charge in [-0.05, 0) is 31.7 Å². The average Bonchev–Trinajstić information content (AvgIpc) is 2.37. The molecule has 0 heterocycles. The molecule has 1 aromatic rings. The summed E-state index contributed by atoms with van der Waals surface area (Å²) in [5.41, 5.74) is 5.87. The third-order valence-corrected chi connectivity index (χ3v) is 4.68.